The van der Waals surface area contributed by atoms with Crippen LogP contribution in [0, 0.1) is 0 Å². The zero-order valence-electron chi connectivity index (χ0n) is 9.34. The quantitative estimate of drug-likeness (QED) is 0.512. The van der Waals surface area contributed by atoms with Gasteiger partial charge in [0.25, 0.3) is 0 Å². The third-order valence-electron chi connectivity index (χ3n) is 2.34. The van der Waals surface area contributed by atoms with Crippen molar-refractivity contribution in [3.63, 3.8) is 0 Å². The van der Waals surface area contributed by atoms with Gasteiger partial charge in [0, 0.05) is 16.5 Å². The molecule has 0 unspecified atom stereocenters. The topological polar surface area (TPSA) is 65.2 Å². The van der Waals surface area contributed by atoms with Crippen molar-refractivity contribution >= 4 is 34.3 Å². The number of nitrogens with two attached hydrogens (primary N) is 1. The van der Waals surface area contributed by atoms with E-state index in [4.69, 9.17) is 5.73 Å². The molecule has 0 aliphatic heterocycles. The Morgan fingerprint density at radius 1 is 1.47 bits per heavy atom. The fourth-order valence-electron chi connectivity index (χ4n) is 1.50. The molecule has 2 N–H and O–H groups in total. The Balaban J connectivity index is 2.34. The number of hydrogen-bond donors (Lipinski definition) is 1. The SMILES string of the molecule is COC(=O)CSc1ccnc2c(N)cccc12. The molecule has 1 heterocycles. The van der Waals surface area contributed by atoms with Gasteiger partial charge in [-0.25, -0.2) is 0 Å². The van der Waals surface area contributed by atoms with Crippen LogP contribution >= 0.6 is 11.8 Å². The van der Waals surface area contributed by atoms with E-state index in [2.05, 4.69) is 9.72 Å². The van der Waals surface area contributed by atoms with Gasteiger partial charge in [-0.1, -0.05) is 12.1 Å². The lowest BCUT2D eigenvalue weighted by Gasteiger charge is -2.06. The molecular formula is C12H12N2O2S. The lowest BCUT2D eigenvalue weighted by atomic mass is 10.2. The van der Waals surface area contributed by atoms with Gasteiger partial charge in [-0.3, -0.25) is 9.78 Å². The number of nitrogens with zero attached hydrogens (tertiary/aromatic N) is 1. The Morgan fingerprint density at radius 2 is 2.29 bits per heavy atom. The van der Waals surface area contributed by atoms with Crippen LogP contribution in [0.3, 0.4) is 0 Å². The molecule has 4 nitrogen and oxygen atoms in total. The van der Waals surface area contributed by atoms with Crippen LogP contribution < -0.4 is 5.73 Å². The lowest BCUT2D eigenvalue weighted by molar-refractivity contribution is -0.137. The number of benzene rings is 1. The van der Waals surface area contributed by atoms with Gasteiger partial charge in [0.1, 0.15) is 0 Å². The maximum atomic E-state index is 11.1. The van der Waals surface area contributed by atoms with Crippen LogP contribution in [0.1, 0.15) is 0 Å². The van der Waals surface area contributed by atoms with Gasteiger partial charge < -0.3 is 10.5 Å². The van der Waals surface area contributed by atoms with Crippen LogP contribution in [0.15, 0.2) is 35.4 Å². The number of hydrogen-bond acceptors (Lipinski definition) is 5. The van der Waals surface area contributed by atoms with E-state index in [1.54, 1.807) is 6.20 Å². The molecule has 17 heavy (non-hydrogen) atoms. The van der Waals surface area contributed by atoms with Gasteiger partial charge in [0.15, 0.2) is 0 Å². The maximum absolute atomic E-state index is 11.1. The van der Waals surface area contributed by atoms with Gasteiger partial charge in [0.05, 0.1) is 24.1 Å². The van der Waals surface area contributed by atoms with Gasteiger partial charge in [-0.15, -0.1) is 11.8 Å². The van der Waals surface area contributed by atoms with Crippen LogP contribution in [0.25, 0.3) is 10.9 Å². The van der Waals surface area contributed by atoms with Crippen molar-refractivity contribution in [1.82, 2.24) is 4.98 Å². The van der Waals surface area contributed by atoms with E-state index >= 15 is 0 Å². The summed E-state index contributed by atoms with van der Waals surface area (Å²) in [6.07, 6.45) is 1.69. The van der Waals surface area contributed by atoms with Crippen LogP contribution in [0.2, 0.25) is 0 Å². The Kier molecular flexibility index (Phi) is 3.49. The molecule has 88 valence electrons. The number of methoxy groups -OCH3 is 1. The fraction of sp³-hybridized carbons (Fsp3) is 0.167. The van der Waals surface area contributed by atoms with Crippen molar-refractivity contribution in [3.05, 3.63) is 30.5 Å². The predicted octanol–water partition coefficient (Wildman–Crippen LogP) is 2.08. The number of nitrogen functional groups attached to an aromatic ring is 1. The number of thioether (sulfide) groups is 1. The van der Waals surface area contributed by atoms with Gasteiger partial charge in [0.2, 0.25) is 0 Å². The number of carbonyl (C=O) groups is 1. The van der Waals surface area contributed by atoms with Crippen molar-refractivity contribution in [2.45, 2.75) is 4.90 Å². The van der Waals surface area contributed by atoms with Crippen LogP contribution in [-0.4, -0.2) is 23.8 Å². The van der Waals surface area contributed by atoms with E-state index in [0.29, 0.717) is 5.69 Å². The first kappa shape index (κ1) is 11.7. The molecule has 2 rings (SSSR count). The molecule has 0 spiro atoms. The summed E-state index contributed by atoms with van der Waals surface area (Å²) in [4.78, 5) is 16.3. The van der Waals surface area contributed by atoms with Crippen LogP contribution in [0.4, 0.5) is 5.69 Å². The zero-order chi connectivity index (χ0) is 12.3. The predicted molar refractivity (Wildman–Crippen MR) is 68.9 cm³/mol. The minimum absolute atomic E-state index is 0.246. The molecule has 0 aliphatic rings. The molecular weight excluding hydrogens is 236 g/mol. The summed E-state index contributed by atoms with van der Waals surface area (Å²) in [6.45, 7) is 0. The molecule has 0 fully saturated rings. The van der Waals surface area contributed by atoms with Crippen molar-refractivity contribution < 1.29 is 9.53 Å². The maximum Gasteiger partial charge on any atom is 0.315 e. The molecule has 0 radical (unpaired) electrons. The number of para-hydroxylation sites is 1. The molecule has 1 aromatic carbocycles. The number of anilines is 1. The van der Waals surface area contributed by atoms with Gasteiger partial charge in [-0.2, -0.15) is 0 Å². The number of aromatic nitrogens is 1. The van der Waals surface area contributed by atoms with Crippen LogP contribution in [0.5, 0.6) is 0 Å². The van der Waals surface area contributed by atoms with Crippen molar-refractivity contribution in [2.24, 2.45) is 0 Å². The minimum Gasteiger partial charge on any atom is -0.468 e. The summed E-state index contributed by atoms with van der Waals surface area (Å²) < 4.78 is 4.61. The number of fused-ring (bicyclic) bond motifs is 1. The summed E-state index contributed by atoms with van der Waals surface area (Å²) in [5.74, 6) is 0.0357. The average molecular weight is 248 g/mol. The normalized spacial score (nSPS) is 10.4. The van der Waals surface area contributed by atoms with Crippen molar-refractivity contribution in [2.75, 3.05) is 18.6 Å². The summed E-state index contributed by atoms with van der Waals surface area (Å²) in [6, 6.07) is 7.50. The Morgan fingerprint density at radius 3 is 3.06 bits per heavy atom. The largest absolute Gasteiger partial charge is 0.468 e. The molecule has 0 atom stereocenters. The fourth-order valence-corrected chi connectivity index (χ4v) is 2.36. The minimum atomic E-state index is -0.246. The Bertz CT molecular complexity index is 557. The summed E-state index contributed by atoms with van der Waals surface area (Å²) in [5, 5.41) is 0.960. The molecule has 0 aliphatic carbocycles. The molecule has 0 bridgehead atoms. The number of ether oxygens (including phenoxy) is 1. The van der Waals surface area contributed by atoms with E-state index in [1.807, 2.05) is 24.3 Å². The smallest absolute Gasteiger partial charge is 0.315 e. The Hall–Kier alpha value is -1.75. The summed E-state index contributed by atoms with van der Waals surface area (Å²) >= 11 is 1.42. The summed E-state index contributed by atoms with van der Waals surface area (Å²) in [7, 11) is 1.38. The summed E-state index contributed by atoms with van der Waals surface area (Å²) in [5.41, 5.74) is 7.25. The number of pyridine rings is 1. The molecule has 2 aromatic rings. The highest BCUT2D eigenvalue weighted by Crippen LogP contribution is 2.29. The molecule has 1 aromatic heterocycles. The van der Waals surface area contributed by atoms with E-state index < -0.39 is 0 Å². The highest BCUT2D eigenvalue weighted by atomic mass is 32.2. The average Bonchev–Trinajstić information content (AvgIpc) is 2.36. The second-order valence-electron chi connectivity index (χ2n) is 3.42. The number of rotatable bonds is 3. The molecule has 0 amide bonds. The number of carbonyl (C=O) groups excluding carboxylic acids is 1. The van der Waals surface area contributed by atoms with Gasteiger partial charge in [-0.05, 0) is 12.1 Å². The standard InChI is InChI=1S/C12H12N2O2S/c1-16-11(15)7-17-10-5-6-14-12-8(10)3-2-4-9(12)13/h2-6H,7,13H2,1H3. The van der Waals surface area contributed by atoms with E-state index in [-0.39, 0.29) is 11.7 Å². The first-order chi connectivity index (χ1) is 8.22. The first-order valence-electron chi connectivity index (χ1n) is 5.05. The third kappa shape index (κ3) is 2.50. The Labute approximate surface area is 103 Å². The molecule has 5 heteroatoms. The highest BCUT2D eigenvalue weighted by Gasteiger charge is 2.07. The molecule has 0 saturated carbocycles. The zero-order valence-corrected chi connectivity index (χ0v) is 10.2. The highest BCUT2D eigenvalue weighted by molar-refractivity contribution is 8.00. The van der Waals surface area contributed by atoms with E-state index in [9.17, 15) is 4.79 Å². The molecule has 0 saturated heterocycles. The van der Waals surface area contributed by atoms with Gasteiger partial charge >= 0.3 is 5.97 Å². The van der Waals surface area contributed by atoms with Crippen molar-refractivity contribution in [3.8, 4) is 0 Å². The second-order valence-corrected chi connectivity index (χ2v) is 4.43. The first-order valence-corrected chi connectivity index (χ1v) is 6.03. The van der Waals surface area contributed by atoms with E-state index in [1.165, 1.54) is 18.9 Å². The number of esters is 1. The lowest BCUT2D eigenvalue weighted by Crippen LogP contribution is -2.03. The third-order valence-corrected chi connectivity index (χ3v) is 3.38. The van der Waals surface area contributed by atoms with Crippen LogP contribution in [-0.2, 0) is 9.53 Å². The van der Waals surface area contributed by atoms with Crippen molar-refractivity contribution in [1.29, 1.82) is 0 Å². The monoisotopic (exact) mass is 248 g/mol. The van der Waals surface area contributed by atoms with E-state index in [0.717, 1.165) is 15.8 Å². The second kappa shape index (κ2) is 5.05.